The van der Waals surface area contributed by atoms with Gasteiger partial charge in [0.15, 0.2) is 0 Å². The molecule has 0 bridgehead atoms. The number of halogens is 2. The van der Waals surface area contributed by atoms with Crippen molar-refractivity contribution in [1.29, 1.82) is 0 Å². The van der Waals surface area contributed by atoms with Crippen LogP contribution in [0.4, 0.5) is 0 Å². The highest BCUT2D eigenvalue weighted by Gasteiger charge is 2.18. The Morgan fingerprint density at radius 3 is 2.55 bits per heavy atom. The largest absolute Gasteiger partial charge is 0.496 e. The topological polar surface area (TPSA) is 48.4 Å². The van der Waals surface area contributed by atoms with Crippen molar-refractivity contribution in [3.63, 3.8) is 0 Å². The molecule has 104 valence electrons. The fourth-order valence-corrected chi connectivity index (χ4v) is 2.15. The van der Waals surface area contributed by atoms with Crippen LogP contribution in [0.15, 0.2) is 30.5 Å². The maximum absolute atomic E-state index is 11.8. The predicted molar refractivity (Wildman–Crippen MR) is 77.6 cm³/mol. The fraction of sp³-hybridized carbons (Fsp3) is 0.143. The minimum Gasteiger partial charge on any atom is -0.496 e. The molecule has 0 spiro atoms. The zero-order chi connectivity index (χ0) is 14.7. The summed E-state index contributed by atoms with van der Waals surface area (Å²) in [5, 5.41) is 0.777. The van der Waals surface area contributed by atoms with E-state index in [4.69, 9.17) is 32.7 Å². The number of ether oxygens (including phenoxy) is 2. The minimum absolute atomic E-state index is 0.259. The fourth-order valence-electron chi connectivity index (χ4n) is 1.82. The van der Waals surface area contributed by atoms with Crippen molar-refractivity contribution in [1.82, 2.24) is 4.98 Å². The first kappa shape index (κ1) is 14.6. The Balaban J connectivity index is 2.71. The van der Waals surface area contributed by atoms with Gasteiger partial charge in [0.1, 0.15) is 10.9 Å². The van der Waals surface area contributed by atoms with Gasteiger partial charge >= 0.3 is 5.97 Å². The number of aromatic nitrogens is 1. The Morgan fingerprint density at radius 1 is 1.15 bits per heavy atom. The molecule has 6 heteroatoms. The van der Waals surface area contributed by atoms with Gasteiger partial charge < -0.3 is 9.47 Å². The van der Waals surface area contributed by atoms with E-state index in [0.717, 1.165) is 0 Å². The molecular formula is C14H11Cl2NO3. The van der Waals surface area contributed by atoms with E-state index in [-0.39, 0.29) is 10.7 Å². The zero-order valence-electron chi connectivity index (χ0n) is 10.8. The Hall–Kier alpha value is -1.78. The summed E-state index contributed by atoms with van der Waals surface area (Å²) < 4.78 is 10.0. The summed E-state index contributed by atoms with van der Waals surface area (Å²) >= 11 is 11.9. The normalized spacial score (nSPS) is 10.2. The number of carbonyl (C=O) groups excluding carboxylic acids is 1. The number of hydrogen-bond donors (Lipinski definition) is 0. The lowest BCUT2D eigenvalue weighted by Gasteiger charge is -2.12. The Bertz CT molecular complexity index is 659. The second-order valence-corrected chi connectivity index (χ2v) is 4.71. The third-order valence-corrected chi connectivity index (χ3v) is 3.17. The van der Waals surface area contributed by atoms with Gasteiger partial charge in [-0.1, -0.05) is 23.2 Å². The number of carbonyl (C=O) groups is 1. The number of pyridine rings is 1. The van der Waals surface area contributed by atoms with E-state index in [1.807, 2.05) is 0 Å². The molecule has 0 amide bonds. The summed E-state index contributed by atoms with van der Waals surface area (Å²) in [4.78, 5) is 15.7. The summed E-state index contributed by atoms with van der Waals surface area (Å²) in [6, 6.07) is 6.68. The van der Waals surface area contributed by atoms with Gasteiger partial charge in [-0.2, -0.15) is 0 Å². The van der Waals surface area contributed by atoms with Crippen molar-refractivity contribution in [2.75, 3.05) is 14.2 Å². The predicted octanol–water partition coefficient (Wildman–Crippen LogP) is 3.85. The molecule has 0 aliphatic rings. The molecule has 1 aromatic heterocycles. The van der Waals surface area contributed by atoms with Gasteiger partial charge in [-0.15, -0.1) is 0 Å². The molecule has 0 radical (unpaired) electrons. The third kappa shape index (κ3) is 2.86. The molecule has 0 fully saturated rings. The minimum atomic E-state index is -0.508. The van der Waals surface area contributed by atoms with Crippen molar-refractivity contribution in [2.24, 2.45) is 0 Å². The highest BCUT2D eigenvalue weighted by molar-refractivity contribution is 6.31. The standard InChI is InChI=1S/C14H11Cl2NO3/c1-19-12-4-3-8(15)5-10(12)9-6-13(16)17-7-11(9)14(18)20-2/h3-7H,1-2H3. The van der Waals surface area contributed by atoms with Crippen molar-refractivity contribution in [3.05, 3.63) is 46.2 Å². The number of esters is 1. The molecule has 0 N–H and O–H groups in total. The van der Waals surface area contributed by atoms with Crippen molar-refractivity contribution >= 4 is 29.2 Å². The lowest BCUT2D eigenvalue weighted by molar-refractivity contribution is 0.0601. The number of benzene rings is 1. The quantitative estimate of drug-likeness (QED) is 0.638. The van der Waals surface area contributed by atoms with E-state index in [9.17, 15) is 4.79 Å². The Morgan fingerprint density at radius 2 is 1.90 bits per heavy atom. The second-order valence-electron chi connectivity index (χ2n) is 3.89. The van der Waals surface area contributed by atoms with Crippen LogP contribution < -0.4 is 4.74 Å². The highest BCUT2D eigenvalue weighted by atomic mass is 35.5. The van der Waals surface area contributed by atoms with Gasteiger partial charge in [0.2, 0.25) is 0 Å². The lowest BCUT2D eigenvalue weighted by Crippen LogP contribution is -2.05. The highest BCUT2D eigenvalue weighted by Crippen LogP contribution is 2.35. The maximum atomic E-state index is 11.8. The summed E-state index contributed by atoms with van der Waals surface area (Å²) in [6.45, 7) is 0. The molecule has 0 aliphatic carbocycles. The van der Waals surface area contributed by atoms with Crippen LogP contribution in [0, 0.1) is 0 Å². The van der Waals surface area contributed by atoms with Crippen LogP contribution in [0.1, 0.15) is 10.4 Å². The number of methoxy groups -OCH3 is 2. The van der Waals surface area contributed by atoms with E-state index < -0.39 is 5.97 Å². The van der Waals surface area contributed by atoms with Crippen LogP contribution in [0.2, 0.25) is 10.2 Å². The molecule has 2 rings (SSSR count). The van der Waals surface area contributed by atoms with Crippen LogP contribution >= 0.6 is 23.2 Å². The number of nitrogens with zero attached hydrogens (tertiary/aromatic N) is 1. The molecule has 1 heterocycles. The van der Waals surface area contributed by atoms with Crippen molar-refractivity contribution < 1.29 is 14.3 Å². The summed E-state index contributed by atoms with van der Waals surface area (Å²) in [5.41, 5.74) is 1.48. The molecule has 0 saturated carbocycles. The monoisotopic (exact) mass is 311 g/mol. The molecule has 0 atom stereocenters. The van der Waals surface area contributed by atoms with Crippen LogP contribution in [0.5, 0.6) is 5.75 Å². The SMILES string of the molecule is COC(=O)c1cnc(Cl)cc1-c1cc(Cl)ccc1OC. The van der Waals surface area contributed by atoms with E-state index >= 15 is 0 Å². The number of hydrogen-bond acceptors (Lipinski definition) is 4. The second kappa shape index (κ2) is 6.11. The van der Waals surface area contributed by atoms with E-state index in [2.05, 4.69) is 4.98 Å². The molecule has 1 aromatic carbocycles. The van der Waals surface area contributed by atoms with E-state index in [1.54, 1.807) is 24.3 Å². The average molecular weight is 312 g/mol. The molecule has 0 unspecified atom stereocenters. The average Bonchev–Trinajstić information content (AvgIpc) is 2.46. The smallest absolute Gasteiger partial charge is 0.340 e. The maximum Gasteiger partial charge on any atom is 0.340 e. The molecule has 0 saturated heterocycles. The molecule has 20 heavy (non-hydrogen) atoms. The van der Waals surface area contributed by atoms with Crippen LogP contribution in [-0.4, -0.2) is 25.2 Å². The first-order valence-electron chi connectivity index (χ1n) is 5.64. The molecule has 4 nitrogen and oxygen atoms in total. The number of rotatable bonds is 3. The van der Waals surface area contributed by atoms with E-state index in [0.29, 0.717) is 21.9 Å². The summed E-state index contributed by atoms with van der Waals surface area (Å²) in [5.74, 6) is 0.0630. The van der Waals surface area contributed by atoms with Crippen LogP contribution in [0.3, 0.4) is 0 Å². The van der Waals surface area contributed by atoms with Crippen LogP contribution in [-0.2, 0) is 4.74 Å². The van der Waals surface area contributed by atoms with E-state index in [1.165, 1.54) is 20.4 Å². The van der Waals surface area contributed by atoms with Crippen molar-refractivity contribution in [3.8, 4) is 16.9 Å². The van der Waals surface area contributed by atoms with Gasteiger partial charge in [-0.25, -0.2) is 9.78 Å². The zero-order valence-corrected chi connectivity index (χ0v) is 12.3. The molecule has 2 aromatic rings. The van der Waals surface area contributed by atoms with Crippen LogP contribution in [0.25, 0.3) is 11.1 Å². The van der Waals surface area contributed by atoms with Crippen molar-refractivity contribution in [2.45, 2.75) is 0 Å². The summed E-state index contributed by atoms with van der Waals surface area (Å²) in [7, 11) is 2.84. The molecule has 0 aliphatic heterocycles. The van der Waals surface area contributed by atoms with Gasteiger partial charge in [0.05, 0.1) is 19.8 Å². The summed E-state index contributed by atoms with van der Waals surface area (Å²) in [6.07, 6.45) is 1.36. The van der Waals surface area contributed by atoms with Gasteiger partial charge in [0.25, 0.3) is 0 Å². The van der Waals surface area contributed by atoms with Gasteiger partial charge in [-0.3, -0.25) is 0 Å². The lowest BCUT2D eigenvalue weighted by atomic mass is 10.0. The first-order valence-corrected chi connectivity index (χ1v) is 6.40. The first-order chi connectivity index (χ1) is 9.56. The Labute approximate surface area is 126 Å². The molecular weight excluding hydrogens is 301 g/mol. The van der Waals surface area contributed by atoms with Gasteiger partial charge in [-0.05, 0) is 24.3 Å². The van der Waals surface area contributed by atoms with Gasteiger partial charge in [0, 0.05) is 22.3 Å². The third-order valence-electron chi connectivity index (χ3n) is 2.73. The Kier molecular flexibility index (Phi) is 4.47.